The molecule has 1 heterocycles. The second kappa shape index (κ2) is 12.3. The van der Waals surface area contributed by atoms with E-state index in [-0.39, 0.29) is 10.8 Å². The maximum Gasteiger partial charge on any atom is 0.164 e. The maximum atomic E-state index is 5.04. The van der Waals surface area contributed by atoms with Gasteiger partial charge in [-0.1, -0.05) is 149 Å². The zero-order valence-corrected chi connectivity index (χ0v) is 30.5. The summed E-state index contributed by atoms with van der Waals surface area (Å²) in [6, 6.07) is 47.5. The lowest BCUT2D eigenvalue weighted by Crippen LogP contribution is -2.23. The molecule has 0 unspecified atom stereocenters. The number of aryl methyl sites for hydroxylation is 2. The van der Waals surface area contributed by atoms with Crippen molar-refractivity contribution in [3.05, 3.63) is 172 Å². The van der Waals surface area contributed by atoms with Crippen LogP contribution in [0.25, 0.3) is 56.4 Å². The van der Waals surface area contributed by atoms with Gasteiger partial charge in [-0.15, -0.1) is 0 Å². The van der Waals surface area contributed by atoms with Crippen LogP contribution in [0.15, 0.2) is 133 Å². The fourth-order valence-corrected chi connectivity index (χ4v) is 8.26. The first-order valence-corrected chi connectivity index (χ1v) is 17.9. The molecule has 8 rings (SSSR count). The molecule has 1 aliphatic rings. The smallest absolute Gasteiger partial charge is 0.164 e. The molecule has 0 saturated carbocycles. The van der Waals surface area contributed by atoms with Crippen LogP contribution in [0.4, 0.5) is 0 Å². The molecule has 0 radical (unpaired) electrons. The molecule has 0 spiro atoms. The van der Waals surface area contributed by atoms with E-state index < -0.39 is 0 Å². The van der Waals surface area contributed by atoms with E-state index in [0.29, 0.717) is 17.5 Å². The third kappa shape index (κ3) is 5.49. The zero-order valence-electron chi connectivity index (χ0n) is 30.5. The van der Waals surface area contributed by atoms with Gasteiger partial charge in [0.2, 0.25) is 0 Å². The third-order valence-electron chi connectivity index (χ3n) is 11.1. The highest BCUT2D eigenvalue weighted by atomic mass is 15.0. The van der Waals surface area contributed by atoms with E-state index in [1.54, 1.807) is 0 Å². The molecule has 7 aromatic rings. The second-order valence-corrected chi connectivity index (χ2v) is 15.1. The van der Waals surface area contributed by atoms with Crippen molar-refractivity contribution >= 4 is 0 Å². The van der Waals surface area contributed by atoms with Gasteiger partial charge >= 0.3 is 0 Å². The quantitative estimate of drug-likeness (QED) is 0.178. The van der Waals surface area contributed by atoms with Crippen molar-refractivity contribution in [2.75, 3.05) is 0 Å². The van der Waals surface area contributed by atoms with Crippen molar-refractivity contribution < 1.29 is 0 Å². The van der Waals surface area contributed by atoms with Crippen LogP contribution in [0.5, 0.6) is 0 Å². The molecular weight excluding hydrogens is 619 g/mol. The summed E-state index contributed by atoms with van der Waals surface area (Å²) >= 11 is 0. The van der Waals surface area contributed by atoms with Crippen molar-refractivity contribution in [1.29, 1.82) is 0 Å². The monoisotopic (exact) mass is 661 g/mol. The van der Waals surface area contributed by atoms with Crippen LogP contribution < -0.4 is 0 Å². The molecule has 0 saturated heterocycles. The predicted molar refractivity (Wildman–Crippen MR) is 212 cm³/mol. The largest absolute Gasteiger partial charge is 0.208 e. The van der Waals surface area contributed by atoms with Crippen molar-refractivity contribution in [3.63, 3.8) is 0 Å². The van der Waals surface area contributed by atoms with Crippen molar-refractivity contribution in [2.45, 2.75) is 59.3 Å². The predicted octanol–water partition coefficient (Wildman–Crippen LogP) is 12.1. The molecule has 0 amide bonds. The molecule has 1 aliphatic carbocycles. The molecule has 0 N–H and O–H groups in total. The number of aromatic nitrogens is 3. The van der Waals surface area contributed by atoms with Gasteiger partial charge < -0.3 is 0 Å². The first-order valence-electron chi connectivity index (χ1n) is 17.9. The molecule has 6 aromatic carbocycles. The molecule has 3 heteroatoms. The van der Waals surface area contributed by atoms with Gasteiger partial charge in [0.05, 0.1) is 0 Å². The molecule has 0 bridgehead atoms. The van der Waals surface area contributed by atoms with Gasteiger partial charge in [-0.25, -0.2) is 15.0 Å². The van der Waals surface area contributed by atoms with E-state index in [9.17, 15) is 0 Å². The minimum Gasteiger partial charge on any atom is -0.208 e. The first kappa shape index (κ1) is 32.5. The van der Waals surface area contributed by atoms with E-state index in [0.717, 1.165) is 16.7 Å². The fraction of sp³-hybridized carbons (Fsp3) is 0.188. The van der Waals surface area contributed by atoms with Gasteiger partial charge in [-0.05, 0) is 94.1 Å². The summed E-state index contributed by atoms with van der Waals surface area (Å²) < 4.78 is 0. The van der Waals surface area contributed by atoms with Crippen LogP contribution in [0.1, 0.15) is 66.6 Å². The number of benzene rings is 6. The van der Waals surface area contributed by atoms with Crippen molar-refractivity contribution in [1.82, 2.24) is 15.0 Å². The van der Waals surface area contributed by atoms with Gasteiger partial charge in [0, 0.05) is 27.5 Å². The summed E-state index contributed by atoms with van der Waals surface area (Å²) in [6.45, 7) is 16.2. The minimum atomic E-state index is -0.207. The molecule has 3 nitrogen and oxygen atoms in total. The van der Waals surface area contributed by atoms with Crippen molar-refractivity contribution in [3.8, 4) is 56.4 Å². The number of nitrogens with zero attached hydrogens (tertiary/aromatic N) is 3. The lowest BCUT2D eigenvalue weighted by Gasteiger charge is -2.32. The lowest BCUT2D eigenvalue weighted by atomic mass is 9.72. The molecule has 250 valence electrons. The SMILES string of the molecule is Cc1ccccc1-c1cccc(C(C)(C)c2cc3c(cc2C)C(C)(C)c2cc(-c4nc(-c5ccccc5)nc(-c5ccccc5)n4)ccc2-3)c1C. The summed E-state index contributed by atoms with van der Waals surface area (Å²) in [5.74, 6) is 2.03. The molecule has 0 aliphatic heterocycles. The second-order valence-electron chi connectivity index (χ2n) is 15.1. The average molecular weight is 662 g/mol. The Labute approximate surface area is 302 Å². The highest BCUT2D eigenvalue weighted by Gasteiger charge is 2.38. The highest BCUT2D eigenvalue weighted by Crippen LogP contribution is 2.52. The Morgan fingerprint density at radius 2 is 0.980 bits per heavy atom. The van der Waals surface area contributed by atoms with E-state index in [2.05, 4.69) is 146 Å². The summed E-state index contributed by atoms with van der Waals surface area (Å²) in [7, 11) is 0. The van der Waals surface area contributed by atoms with E-state index in [4.69, 9.17) is 15.0 Å². The van der Waals surface area contributed by atoms with Gasteiger partial charge in [0.25, 0.3) is 0 Å². The van der Waals surface area contributed by atoms with Crippen LogP contribution in [-0.2, 0) is 10.8 Å². The normalized spacial score (nSPS) is 13.2. The number of hydrogen-bond donors (Lipinski definition) is 0. The maximum absolute atomic E-state index is 5.04. The Hall–Kier alpha value is -5.67. The van der Waals surface area contributed by atoms with E-state index in [1.807, 2.05) is 36.4 Å². The molecule has 0 fully saturated rings. The lowest BCUT2D eigenvalue weighted by molar-refractivity contribution is 0.627. The number of fused-ring (bicyclic) bond motifs is 3. The molecule has 51 heavy (non-hydrogen) atoms. The fourth-order valence-electron chi connectivity index (χ4n) is 8.26. The van der Waals surface area contributed by atoms with Gasteiger partial charge in [-0.2, -0.15) is 0 Å². The van der Waals surface area contributed by atoms with E-state index in [1.165, 1.54) is 61.2 Å². The number of hydrogen-bond acceptors (Lipinski definition) is 3. The Balaban J connectivity index is 1.24. The molecule has 1 aromatic heterocycles. The summed E-state index contributed by atoms with van der Waals surface area (Å²) in [4.78, 5) is 15.0. The van der Waals surface area contributed by atoms with Gasteiger partial charge in [-0.3, -0.25) is 0 Å². The standard InChI is InChI=1S/C48H43N3/c1-30-17-14-15-22-36(30)37-23-16-24-40(32(37)3)47(4,5)41-29-39-38-26-25-35(28-43(38)48(6,7)42(39)27-31(41)2)46-50-44(33-18-10-8-11-19-33)49-45(51-46)34-20-12-9-13-21-34/h8-29H,1-7H3. The Kier molecular flexibility index (Phi) is 7.83. The van der Waals surface area contributed by atoms with Crippen LogP contribution in [0, 0.1) is 20.8 Å². The van der Waals surface area contributed by atoms with Crippen LogP contribution in [-0.4, -0.2) is 15.0 Å². The third-order valence-corrected chi connectivity index (χ3v) is 11.1. The summed E-state index contributed by atoms with van der Waals surface area (Å²) in [5, 5.41) is 0. The molecular formula is C48H43N3. The van der Waals surface area contributed by atoms with E-state index >= 15 is 0 Å². The summed E-state index contributed by atoms with van der Waals surface area (Å²) in [6.07, 6.45) is 0. The minimum absolute atomic E-state index is 0.188. The highest BCUT2D eigenvalue weighted by molar-refractivity contribution is 5.84. The van der Waals surface area contributed by atoms with Crippen LogP contribution in [0.3, 0.4) is 0 Å². The Morgan fingerprint density at radius 1 is 0.431 bits per heavy atom. The van der Waals surface area contributed by atoms with Crippen LogP contribution >= 0.6 is 0 Å². The Morgan fingerprint density at radius 3 is 1.61 bits per heavy atom. The molecule has 0 atom stereocenters. The number of rotatable bonds is 6. The average Bonchev–Trinajstić information content (AvgIpc) is 3.36. The summed E-state index contributed by atoms with van der Waals surface area (Å²) in [5.41, 5.74) is 17.1. The topological polar surface area (TPSA) is 38.7 Å². The Bertz CT molecular complexity index is 2380. The van der Waals surface area contributed by atoms with Gasteiger partial charge in [0.1, 0.15) is 0 Å². The zero-order chi connectivity index (χ0) is 35.5. The van der Waals surface area contributed by atoms with Gasteiger partial charge in [0.15, 0.2) is 17.5 Å². The first-order chi connectivity index (χ1) is 24.5. The van der Waals surface area contributed by atoms with Crippen LogP contribution in [0.2, 0.25) is 0 Å². The van der Waals surface area contributed by atoms with Crippen molar-refractivity contribution in [2.24, 2.45) is 0 Å².